The van der Waals surface area contributed by atoms with E-state index < -0.39 is 34.0 Å². The largest absolute Gasteiger partial charge is 0.491 e. The average molecular weight is 650 g/mol. The van der Waals surface area contributed by atoms with Crippen LogP contribution in [0.3, 0.4) is 0 Å². The van der Waals surface area contributed by atoms with Gasteiger partial charge in [0.15, 0.2) is 0 Å². The van der Waals surface area contributed by atoms with Crippen molar-refractivity contribution in [2.75, 3.05) is 37.9 Å². The van der Waals surface area contributed by atoms with Crippen molar-refractivity contribution in [2.24, 2.45) is 5.73 Å². The third-order valence-corrected chi connectivity index (χ3v) is 6.54. The number of rotatable bonds is 17. The first-order chi connectivity index (χ1) is 21.3. The second kappa shape index (κ2) is 15.7. The van der Waals surface area contributed by atoms with E-state index in [2.05, 4.69) is 20.7 Å². The molecule has 3 aromatic rings. The summed E-state index contributed by atoms with van der Waals surface area (Å²) in [4.78, 5) is 52.2. The number of allylic oxidation sites excluding steroid dienone is 1. The zero-order valence-corrected chi connectivity index (χ0v) is 25.8. The second-order valence-corrected chi connectivity index (χ2v) is 11.2. The molecule has 0 spiro atoms. The van der Waals surface area contributed by atoms with E-state index in [9.17, 15) is 27.6 Å². The number of fused-ring (bicyclic) bond motifs is 1. The van der Waals surface area contributed by atoms with Gasteiger partial charge in [0.25, 0.3) is 16.0 Å². The first-order valence-corrected chi connectivity index (χ1v) is 15.5. The maximum absolute atomic E-state index is 13.3. The number of carbonyl (C=O) groups excluding carboxylic acids is 3. The molecule has 0 fully saturated rings. The van der Waals surface area contributed by atoms with Crippen molar-refractivity contribution in [1.82, 2.24) is 24.6 Å². The summed E-state index contributed by atoms with van der Waals surface area (Å²) in [6, 6.07) is 4.49. The first kappa shape index (κ1) is 34.5. The van der Waals surface area contributed by atoms with Crippen LogP contribution in [0.25, 0.3) is 11.0 Å². The Morgan fingerprint density at radius 1 is 1.13 bits per heavy atom. The van der Waals surface area contributed by atoms with Gasteiger partial charge in [0, 0.05) is 31.6 Å². The molecule has 0 saturated heterocycles. The summed E-state index contributed by atoms with van der Waals surface area (Å²) in [5.74, 6) is -2.01. The Labute approximate surface area is 258 Å². The number of hydrogen-bond acceptors (Lipinski definition) is 11. The van der Waals surface area contributed by atoms with Gasteiger partial charge in [0.1, 0.15) is 17.0 Å². The SMILES string of the molecule is CCn1nc(C)cc1C(=O)Nc1nc2cc(C(N)=O)cc(OCCCOC(=O)NCCC(=O)O)c2n1C/C=C/COS(C)(=O)=O. The Kier molecular flexibility index (Phi) is 12.0. The number of aromatic nitrogens is 4. The predicted molar refractivity (Wildman–Crippen MR) is 160 cm³/mol. The molecule has 18 heteroatoms. The van der Waals surface area contributed by atoms with Gasteiger partial charge in [-0.05, 0) is 32.0 Å². The van der Waals surface area contributed by atoms with Crippen LogP contribution in [0.4, 0.5) is 10.7 Å². The standard InChI is InChI=1S/C27H35N7O10S/c1-4-34-20(14-17(2)32-34)25(38)31-26-30-19-15-18(24(28)37)16-21(23(19)33(26)10-5-6-13-44-45(3,40)41)42-11-7-12-43-27(39)29-9-8-22(35)36/h5-6,14-16H,4,7-13H2,1-3H3,(H2,28,37)(H,29,39)(H,35,36)(H,30,31,38)/b6-5+. The molecule has 1 aromatic carbocycles. The number of carbonyl (C=O) groups is 4. The molecule has 0 radical (unpaired) electrons. The molecule has 2 heterocycles. The van der Waals surface area contributed by atoms with E-state index in [-0.39, 0.29) is 68.5 Å². The van der Waals surface area contributed by atoms with Gasteiger partial charge in [-0.2, -0.15) is 13.5 Å². The number of hydrogen-bond donors (Lipinski definition) is 4. The summed E-state index contributed by atoms with van der Waals surface area (Å²) < 4.78 is 41.5. The topological polar surface area (TPSA) is 236 Å². The number of aliphatic carboxylic acids is 1. The van der Waals surface area contributed by atoms with Crippen LogP contribution in [-0.2, 0) is 36.9 Å². The van der Waals surface area contributed by atoms with Gasteiger partial charge in [-0.25, -0.2) is 9.78 Å². The fourth-order valence-electron chi connectivity index (χ4n) is 4.03. The van der Waals surface area contributed by atoms with Gasteiger partial charge in [0.2, 0.25) is 11.9 Å². The van der Waals surface area contributed by atoms with E-state index in [0.717, 1.165) is 6.26 Å². The number of nitrogens with one attached hydrogen (secondary N) is 2. The van der Waals surface area contributed by atoms with Gasteiger partial charge < -0.3 is 30.2 Å². The highest BCUT2D eigenvalue weighted by Crippen LogP contribution is 2.31. The second-order valence-electron chi connectivity index (χ2n) is 9.56. The normalized spacial score (nSPS) is 11.5. The smallest absolute Gasteiger partial charge is 0.407 e. The van der Waals surface area contributed by atoms with Crippen LogP contribution < -0.4 is 21.1 Å². The molecule has 2 aromatic heterocycles. The highest BCUT2D eigenvalue weighted by Gasteiger charge is 2.21. The van der Waals surface area contributed by atoms with Crippen LogP contribution in [0.15, 0.2) is 30.4 Å². The molecule has 0 atom stereocenters. The molecule has 0 aliphatic carbocycles. The van der Waals surface area contributed by atoms with E-state index >= 15 is 0 Å². The predicted octanol–water partition coefficient (Wildman–Crippen LogP) is 1.41. The Bertz CT molecular complexity index is 1690. The lowest BCUT2D eigenvalue weighted by Gasteiger charge is -2.13. The third-order valence-electron chi connectivity index (χ3n) is 5.97. The summed E-state index contributed by atoms with van der Waals surface area (Å²) in [5, 5.41) is 18.0. The van der Waals surface area contributed by atoms with Crippen LogP contribution in [0, 0.1) is 6.92 Å². The van der Waals surface area contributed by atoms with Crippen molar-refractivity contribution in [3.05, 3.63) is 47.3 Å². The number of carboxylic acids is 1. The molecular formula is C27H35N7O10S. The lowest BCUT2D eigenvalue weighted by Crippen LogP contribution is -2.27. The van der Waals surface area contributed by atoms with Crippen LogP contribution in [0.2, 0.25) is 0 Å². The van der Waals surface area contributed by atoms with Crippen molar-refractivity contribution in [3.63, 3.8) is 0 Å². The van der Waals surface area contributed by atoms with E-state index in [1.54, 1.807) is 23.6 Å². The number of carboxylic acid groups (broad SMARTS) is 1. The summed E-state index contributed by atoms with van der Waals surface area (Å²) in [6.07, 6.45) is 3.21. The fourth-order valence-corrected chi connectivity index (χ4v) is 4.36. The number of aryl methyl sites for hydroxylation is 2. The number of nitrogens with two attached hydrogens (primary N) is 1. The summed E-state index contributed by atoms with van der Waals surface area (Å²) >= 11 is 0. The quantitative estimate of drug-likeness (QED) is 0.0923. The summed E-state index contributed by atoms with van der Waals surface area (Å²) in [6.45, 7) is 3.80. The van der Waals surface area contributed by atoms with Crippen molar-refractivity contribution in [2.45, 2.75) is 39.8 Å². The van der Waals surface area contributed by atoms with Gasteiger partial charge in [-0.1, -0.05) is 12.2 Å². The molecular weight excluding hydrogens is 614 g/mol. The van der Waals surface area contributed by atoms with Crippen LogP contribution in [0.1, 0.15) is 46.3 Å². The number of alkyl carbamates (subject to hydrolysis) is 1. The number of anilines is 1. The molecule has 0 bridgehead atoms. The van der Waals surface area contributed by atoms with Crippen LogP contribution >= 0.6 is 0 Å². The molecule has 5 N–H and O–H groups in total. The number of nitrogens with zero attached hydrogens (tertiary/aromatic N) is 4. The van der Waals surface area contributed by atoms with Crippen LogP contribution in [-0.4, -0.2) is 89.4 Å². The minimum atomic E-state index is -3.66. The van der Waals surface area contributed by atoms with Gasteiger partial charge in [0.05, 0.1) is 43.7 Å². The molecule has 0 unspecified atom stereocenters. The van der Waals surface area contributed by atoms with Crippen molar-refractivity contribution >= 4 is 51.0 Å². The minimum absolute atomic E-state index is 0.0274. The maximum atomic E-state index is 13.3. The van der Waals surface area contributed by atoms with Crippen molar-refractivity contribution in [3.8, 4) is 5.75 Å². The minimum Gasteiger partial charge on any atom is -0.491 e. The van der Waals surface area contributed by atoms with Crippen LogP contribution in [0.5, 0.6) is 5.75 Å². The van der Waals surface area contributed by atoms with Gasteiger partial charge >= 0.3 is 12.1 Å². The number of ether oxygens (including phenoxy) is 2. The van der Waals surface area contributed by atoms with E-state index in [0.29, 0.717) is 23.4 Å². The molecule has 244 valence electrons. The van der Waals surface area contributed by atoms with Gasteiger partial charge in [-0.15, -0.1) is 0 Å². The molecule has 3 rings (SSSR count). The summed E-state index contributed by atoms with van der Waals surface area (Å²) in [5.41, 5.74) is 7.23. The lowest BCUT2D eigenvalue weighted by molar-refractivity contribution is -0.136. The summed E-state index contributed by atoms with van der Waals surface area (Å²) in [7, 11) is -3.66. The third kappa shape index (κ3) is 10.3. The molecule has 0 saturated carbocycles. The number of imidazole rings is 1. The maximum Gasteiger partial charge on any atom is 0.407 e. The molecule has 17 nitrogen and oxygen atoms in total. The van der Waals surface area contributed by atoms with Crippen molar-refractivity contribution < 1.29 is 46.4 Å². The average Bonchev–Trinajstić information content (AvgIpc) is 3.51. The molecule has 0 aliphatic rings. The zero-order chi connectivity index (χ0) is 33.1. The Morgan fingerprint density at radius 2 is 1.89 bits per heavy atom. The Hall–Kier alpha value is -4.97. The monoisotopic (exact) mass is 649 g/mol. The first-order valence-electron chi connectivity index (χ1n) is 13.7. The molecule has 45 heavy (non-hydrogen) atoms. The lowest BCUT2D eigenvalue weighted by atomic mass is 10.1. The number of amides is 3. The van der Waals surface area contributed by atoms with E-state index in [4.69, 9.17) is 24.5 Å². The highest BCUT2D eigenvalue weighted by atomic mass is 32.2. The zero-order valence-electron chi connectivity index (χ0n) is 24.9. The van der Waals surface area contributed by atoms with E-state index in [1.807, 2.05) is 6.92 Å². The fraction of sp³-hybridized carbons (Fsp3) is 0.407. The molecule has 3 amide bonds. The number of benzene rings is 1. The molecule has 0 aliphatic heterocycles. The van der Waals surface area contributed by atoms with E-state index in [1.165, 1.54) is 22.9 Å². The van der Waals surface area contributed by atoms with Crippen molar-refractivity contribution in [1.29, 1.82) is 0 Å². The number of primary amides is 1. The highest BCUT2D eigenvalue weighted by molar-refractivity contribution is 7.86. The van der Waals surface area contributed by atoms with Gasteiger partial charge in [-0.3, -0.25) is 28.6 Å². The Morgan fingerprint density at radius 3 is 2.56 bits per heavy atom. The Balaban J connectivity index is 1.89.